The Kier molecular flexibility index (Phi) is 4.11. The molecule has 0 amide bonds. The molecule has 0 aliphatic heterocycles. The molecule has 0 saturated carbocycles. The Labute approximate surface area is 113 Å². The molecule has 2 rings (SSSR count). The van der Waals surface area contributed by atoms with Crippen LogP contribution in [0.2, 0.25) is 5.02 Å². The second kappa shape index (κ2) is 5.78. The number of aryl methyl sites for hydroxylation is 1. The van der Waals surface area contributed by atoms with Crippen molar-refractivity contribution in [3.63, 3.8) is 0 Å². The third-order valence-corrected chi connectivity index (χ3v) is 2.96. The molecule has 2 nitrogen and oxygen atoms in total. The highest BCUT2D eigenvalue weighted by Crippen LogP contribution is 2.25. The predicted octanol–water partition coefficient (Wildman–Crippen LogP) is 4.27. The van der Waals surface area contributed by atoms with E-state index in [-0.39, 0.29) is 0 Å². The standard InChI is InChI=1S/C15H16ClNO/c1-11-6-7-15(18-2)14(8-11)17-10-12-4-3-5-13(16)9-12/h3-9,17H,10H2,1-2H3. The fraction of sp³-hybridized carbons (Fsp3) is 0.200. The van der Waals surface area contributed by atoms with Crippen LogP contribution in [0.15, 0.2) is 42.5 Å². The minimum Gasteiger partial charge on any atom is -0.495 e. The van der Waals surface area contributed by atoms with Crippen LogP contribution >= 0.6 is 11.6 Å². The fourth-order valence-electron chi connectivity index (χ4n) is 1.80. The van der Waals surface area contributed by atoms with Crippen LogP contribution in [0.25, 0.3) is 0 Å². The maximum atomic E-state index is 5.96. The van der Waals surface area contributed by atoms with E-state index in [0.717, 1.165) is 28.6 Å². The molecule has 18 heavy (non-hydrogen) atoms. The molecule has 2 aromatic carbocycles. The SMILES string of the molecule is COc1ccc(C)cc1NCc1cccc(Cl)c1. The molecular weight excluding hydrogens is 246 g/mol. The van der Waals surface area contributed by atoms with Crippen molar-refractivity contribution in [1.82, 2.24) is 0 Å². The van der Waals surface area contributed by atoms with E-state index in [1.807, 2.05) is 36.4 Å². The van der Waals surface area contributed by atoms with Gasteiger partial charge in [0.2, 0.25) is 0 Å². The van der Waals surface area contributed by atoms with Gasteiger partial charge < -0.3 is 10.1 Å². The number of ether oxygens (including phenoxy) is 1. The highest BCUT2D eigenvalue weighted by atomic mass is 35.5. The zero-order valence-electron chi connectivity index (χ0n) is 10.5. The summed E-state index contributed by atoms with van der Waals surface area (Å²) in [5.74, 6) is 0.850. The Morgan fingerprint density at radius 1 is 1.17 bits per heavy atom. The first-order valence-corrected chi connectivity index (χ1v) is 6.20. The lowest BCUT2D eigenvalue weighted by atomic mass is 10.2. The van der Waals surface area contributed by atoms with Gasteiger partial charge in [0.05, 0.1) is 12.8 Å². The Morgan fingerprint density at radius 2 is 2.00 bits per heavy atom. The molecule has 0 atom stereocenters. The van der Waals surface area contributed by atoms with E-state index in [1.165, 1.54) is 5.56 Å². The predicted molar refractivity (Wildman–Crippen MR) is 76.5 cm³/mol. The van der Waals surface area contributed by atoms with Crippen molar-refractivity contribution in [2.75, 3.05) is 12.4 Å². The Hall–Kier alpha value is -1.67. The lowest BCUT2D eigenvalue weighted by molar-refractivity contribution is 0.416. The summed E-state index contributed by atoms with van der Waals surface area (Å²) in [6.07, 6.45) is 0. The molecule has 1 N–H and O–H groups in total. The minimum atomic E-state index is 0.723. The largest absolute Gasteiger partial charge is 0.495 e. The Bertz CT molecular complexity index is 540. The molecule has 3 heteroatoms. The van der Waals surface area contributed by atoms with Crippen molar-refractivity contribution < 1.29 is 4.74 Å². The van der Waals surface area contributed by atoms with Gasteiger partial charge in [-0.25, -0.2) is 0 Å². The summed E-state index contributed by atoms with van der Waals surface area (Å²) in [5.41, 5.74) is 3.34. The van der Waals surface area contributed by atoms with Gasteiger partial charge in [-0.15, -0.1) is 0 Å². The highest BCUT2D eigenvalue weighted by molar-refractivity contribution is 6.30. The lowest BCUT2D eigenvalue weighted by Crippen LogP contribution is -2.01. The summed E-state index contributed by atoms with van der Waals surface area (Å²) >= 11 is 5.96. The molecule has 0 spiro atoms. The molecule has 0 radical (unpaired) electrons. The van der Waals surface area contributed by atoms with Crippen molar-refractivity contribution in [3.8, 4) is 5.75 Å². The van der Waals surface area contributed by atoms with Crippen molar-refractivity contribution in [3.05, 3.63) is 58.6 Å². The molecule has 2 aromatic rings. The molecule has 0 bridgehead atoms. The first-order chi connectivity index (χ1) is 8.69. The van der Waals surface area contributed by atoms with E-state index < -0.39 is 0 Å². The number of nitrogens with one attached hydrogen (secondary N) is 1. The number of hydrogen-bond donors (Lipinski definition) is 1. The number of anilines is 1. The van der Waals surface area contributed by atoms with Crippen LogP contribution in [0.3, 0.4) is 0 Å². The Morgan fingerprint density at radius 3 is 2.72 bits per heavy atom. The first-order valence-electron chi connectivity index (χ1n) is 5.82. The summed E-state index contributed by atoms with van der Waals surface area (Å²) in [7, 11) is 1.68. The van der Waals surface area contributed by atoms with E-state index >= 15 is 0 Å². The van der Waals surface area contributed by atoms with Crippen LogP contribution in [-0.4, -0.2) is 7.11 Å². The zero-order chi connectivity index (χ0) is 13.0. The van der Waals surface area contributed by atoms with Crippen LogP contribution in [0.1, 0.15) is 11.1 Å². The van der Waals surface area contributed by atoms with Crippen LogP contribution in [0.4, 0.5) is 5.69 Å². The third kappa shape index (κ3) is 3.17. The molecule has 0 aromatic heterocycles. The van der Waals surface area contributed by atoms with Crippen molar-refractivity contribution in [2.24, 2.45) is 0 Å². The second-order valence-electron chi connectivity index (χ2n) is 4.19. The molecule has 0 aliphatic rings. The van der Waals surface area contributed by atoms with Gasteiger partial charge in [-0.1, -0.05) is 29.8 Å². The molecular formula is C15H16ClNO. The number of rotatable bonds is 4. The smallest absolute Gasteiger partial charge is 0.141 e. The number of halogens is 1. The van der Waals surface area contributed by atoms with Gasteiger partial charge in [0.1, 0.15) is 5.75 Å². The Balaban J connectivity index is 2.12. The average Bonchev–Trinajstić information content (AvgIpc) is 2.37. The number of hydrogen-bond acceptors (Lipinski definition) is 2. The summed E-state index contributed by atoms with van der Waals surface area (Å²) < 4.78 is 5.32. The van der Waals surface area contributed by atoms with Gasteiger partial charge in [0, 0.05) is 11.6 Å². The molecule has 0 saturated heterocycles. The van der Waals surface area contributed by atoms with E-state index in [0.29, 0.717) is 0 Å². The summed E-state index contributed by atoms with van der Waals surface area (Å²) in [5, 5.41) is 4.12. The molecule has 0 heterocycles. The quantitative estimate of drug-likeness (QED) is 0.888. The van der Waals surface area contributed by atoms with Crippen LogP contribution < -0.4 is 10.1 Å². The van der Waals surface area contributed by atoms with Crippen LogP contribution in [0.5, 0.6) is 5.75 Å². The number of methoxy groups -OCH3 is 1. The van der Waals surface area contributed by atoms with E-state index in [1.54, 1.807) is 7.11 Å². The second-order valence-corrected chi connectivity index (χ2v) is 4.62. The monoisotopic (exact) mass is 261 g/mol. The van der Waals surface area contributed by atoms with E-state index in [2.05, 4.69) is 18.3 Å². The van der Waals surface area contributed by atoms with Crippen LogP contribution in [0, 0.1) is 6.92 Å². The minimum absolute atomic E-state index is 0.723. The maximum absolute atomic E-state index is 5.96. The van der Waals surface area contributed by atoms with Gasteiger partial charge in [0.25, 0.3) is 0 Å². The van der Waals surface area contributed by atoms with Gasteiger partial charge >= 0.3 is 0 Å². The van der Waals surface area contributed by atoms with Gasteiger partial charge in [0.15, 0.2) is 0 Å². The van der Waals surface area contributed by atoms with Gasteiger partial charge in [-0.2, -0.15) is 0 Å². The lowest BCUT2D eigenvalue weighted by Gasteiger charge is -2.12. The fourth-order valence-corrected chi connectivity index (χ4v) is 2.02. The zero-order valence-corrected chi connectivity index (χ0v) is 11.3. The molecule has 0 fully saturated rings. The van der Waals surface area contributed by atoms with Crippen molar-refractivity contribution in [1.29, 1.82) is 0 Å². The van der Waals surface area contributed by atoms with Crippen LogP contribution in [-0.2, 0) is 6.54 Å². The maximum Gasteiger partial charge on any atom is 0.141 e. The first kappa shape index (κ1) is 12.8. The van der Waals surface area contributed by atoms with Crippen molar-refractivity contribution in [2.45, 2.75) is 13.5 Å². The van der Waals surface area contributed by atoms with E-state index in [4.69, 9.17) is 16.3 Å². The van der Waals surface area contributed by atoms with Gasteiger partial charge in [-0.3, -0.25) is 0 Å². The summed E-state index contributed by atoms with van der Waals surface area (Å²) in [4.78, 5) is 0. The normalized spacial score (nSPS) is 10.2. The number of benzene rings is 2. The molecule has 0 unspecified atom stereocenters. The summed E-state index contributed by atoms with van der Waals surface area (Å²) in [6.45, 7) is 2.78. The average molecular weight is 262 g/mol. The van der Waals surface area contributed by atoms with Gasteiger partial charge in [-0.05, 0) is 42.3 Å². The topological polar surface area (TPSA) is 21.3 Å². The highest BCUT2D eigenvalue weighted by Gasteiger charge is 2.02. The van der Waals surface area contributed by atoms with Crippen molar-refractivity contribution >= 4 is 17.3 Å². The molecule has 94 valence electrons. The molecule has 0 aliphatic carbocycles. The van der Waals surface area contributed by atoms with E-state index in [9.17, 15) is 0 Å². The third-order valence-electron chi connectivity index (χ3n) is 2.73. The summed E-state index contributed by atoms with van der Waals surface area (Å²) in [6, 6.07) is 13.9.